The molecule has 4 rings (SSSR count). The molecule has 1 aliphatic heterocycles. The summed E-state index contributed by atoms with van der Waals surface area (Å²) in [5.41, 5.74) is 2.66. The number of anilines is 1. The number of piperazine rings is 1. The van der Waals surface area contributed by atoms with Crippen molar-refractivity contribution in [2.45, 2.75) is 19.1 Å². The van der Waals surface area contributed by atoms with Crippen molar-refractivity contribution in [1.82, 2.24) is 4.90 Å². The Hall–Kier alpha value is -2.67. The molecule has 2 atom stereocenters. The molecule has 0 aliphatic carbocycles. The smallest absolute Gasteiger partial charge is 0.256 e. The minimum atomic E-state index is -1.67. The van der Waals surface area contributed by atoms with E-state index in [0.29, 0.717) is 29.2 Å². The van der Waals surface area contributed by atoms with E-state index in [0.717, 1.165) is 28.9 Å². The van der Waals surface area contributed by atoms with E-state index in [2.05, 4.69) is 4.90 Å². The van der Waals surface area contributed by atoms with Crippen molar-refractivity contribution < 1.29 is 18.7 Å². The van der Waals surface area contributed by atoms with Crippen LogP contribution in [0, 0.1) is 18.6 Å². The Balaban J connectivity index is 1.64. The van der Waals surface area contributed by atoms with Gasteiger partial charge in [0.25, 0.3) is 5.91 Å². The largest absolute Gasteiger partial charge is 0.378 e. The first-order valence-electron chi connectivity index (χ1n) is 10.4. The number of amides is 1. The van der Waals surface area contributed by atoms with Gasteiger partial charge in [0.15, 0.2) is 6.10 Å². The van der Waals surface area contributed by atoms with Gasteiger partial charge in [0.1, 0.15) is 11.6 Å². The molecule has 1 unspecified atom stereocenters. The molecule has 1 heterocycles. The van der Waals surface area contributed by atoms with Crippen LogP contribution in [-0.4, -0.2) is 35.5 Å². The summed E-state index contributed by atoms with van der Waals surface area (Å²) in [5, 5.41) is 11.8. The van der Waals surface area contributed by atoms with Gasteiger partial charge >= 0.3 is 0 Å². The predicted molar refractivity (Wildman–Crippen MR) is 126 cm³/mol. The first-order chi connectivity index (χ1) is 15.7. The number of hydrogen-bond acceptors (Lipinski definition) is 3. The number of benzene rings is 3. The van der Waals surface area contributed by atoms with Crippen LogP contribution in [0.15, 0.2) is 60.7 Å². The van der Waals surface area contributed by atoms with Gasteiger partial charge in [-0.3, -0.25) is 4.79 Å². The molecule has 3 aromatic rings. The molecule has 0 radical (unpaired) electrons. The van der Waals surface area contributed by atoms with Crippen LogP contribution in [0.1, 0.15) is 28.8 Å². The molecule has 0 spiro atoms. The summed E-state index contributed by atoms with van der Waals surface area (Å²) >= 11 is 12.6. The topological polar surface area (TPSA) is 43.8 Å². The molecule has 1 fully saturated rings. The van der Waals surface area contributed by atoms with E-state index in [-0.39, 0.29) is 18.2 Å². The van der Waals surface area contributed by atoms with Gasteiger partial charge in [0, 0.05) is 30.7 Å². The van der Waals surface area contributed by atoms with E-state index in [9.17, 15) is 18.7 Å². The number of carbonyl (C=O) groups is 1. The maximum Gasteiger partial charge on any atom is 0.256 e. The van der Waals surface area contributed by atoms with Gasteiger partial charge in [-0.05, 0) is 60.0 Å². The fraction of sp³-hybridized carbons (Fsp3) is 0.240. The Morgan fingerprint density at radius 2 is 1.67 bits per heavy atom. The highest BCUT2D eigenvalue weighted by Crippen LogP contribution is 2.36. The molecule has 1 amide bonds. The van der Waals surface area contributed by atoms with Gasteiger partial charge in [0.2, 0.25) is 0 Å². The normalized spacial score (nSPS) is 17.2. The van der Waals surface area contributed by atoms with E-state index in [4.69, 9.17) is 23.2 Å². The molecule has 1 aliphatic rings. The fourth-order valence-corrected chi connectivity index (χ4v) is 4.60. The predicted octanol–water partition coefficient (Wildman–Crippen LogP) is 5.70. The highest BCUT2D eigenvalue weighted by atomic mass is 35.5. The highest BCUT2D eigenvalue weighted by Gasteiger charge is 2.34. The minimum absolute atomic E-state index is 0.121. The van der Waals surface area contributed by atoms with Gasteiger partial charge in [-0.25, -0.2) is 8.78 Å². The first-order valence-corrected chi connectivity index (χ1v) is 11.2. The zero-order valence-electron chi connectivity index (χ0n) is 17.8. The Labute approximate surface area is 201 Å². The number of halogens is 4. The van der Waals surface area contributed by atoms with Crippen molar-refractivity contribution in [3.63, 3.8) is 0 Å². The quantitative estimate of drug-likeness (QED) is 0.509. The number of hydrogen-bond donors (Lipinski definition) is 1. The lowest BCUT2D eigenvalue weighted by Gasteiger charge is -2.44. The molecule has 0 aromatic heterocycles. The zero-order valence-corrected chi connectivity index (χ0v) is 19.3. The number of carbonyl (C=O) groups excluding carboxylic acids is 1. The summed E-state index contributed by atoms with van der Waals surface area (Å²) in [6.07, 6.45) is -1.67. The molecule has 0 bridgehead atoms. The molecule has 8 heteroatoms. The van der Waals surface area contributed by atoms with Crippen molar-refractivity contribution in [1.29, 1.82) is 0 Å². The minimum Gasteiger partial charge on any atom is -0.378 e. The molecular weight excluding hydrogens is 469 g/mol. The Morgan fingerprint density at radius 1 is 1.00 bits per heavy atom. The van der Waals surface area contributed by atoms with Gasteiger partial charge in [0.05, 0.1) is 16.8 Å². The van der Waals surface area contributed by atoms with Crippen molar-refractivity contribution >= 4 is 34.8 Å². The fourth-order valence-electron chi connectivity index (χ4n) is 4.14. The van der Waals surface area contributed by atoms with Crippen molar-refractivity contribution in [3.05, 3.63) is 99.0 Å². The Bertz CT molecular complexity index is 1150. The van der Waals surface area contributed by atoms with E-state index >= 15 is 0 Å². The average molecular weight is 491 g/mol. The van der Waals surface area contributed by atoms with Gasteiger partial charge in [-0.1, -0.05) is 41.4 Å². The summed E-state index contributed by atoms with van der Waals surface area (Å²) in [6, 6.07) is 15.5. The monoisotopic (exact) mass is 490 g/mol. The van der Waals surface area contributed by atoms with E-state index in [1.807, 2.05) is 37.3 Å². The van der Waals surface area contributed by atoms with E-state index in [1.54, 1.807) is 12.1 Å². The lowest BCUT2D eigenvalue weighted by Crippen LogP contribution is -2.51. The average Bonchev–Trinajstić information content (AvgIpc) is 2.78. The summed E-state index contributed by atoms with van der Waals surface area (Å²) in [7, 11) is 0. The summed E-state index contributed by atoms with van der Waals surface area (Å²) in [5.74, 6) is -2.32. The SMILES string of the molecule is Cc1ccc(N2CCN(C(=O)C(O)c3cc(F)cc(F)c3)C[C@H]2c2ccc(Cl)cc2)c(Cl)c1. The molecule has 4 nitrogen and oxygen atoms in total. The third-order valence-corrected chi connectivity index (χ3v) is 6.35. The summed E-state index contributed by atoms with van der Waals surface area (Å²) in [6.45, 7) is 2.97. The lowest BCUT2D eigenvalue weighted by molar-refractivity contribution is -0.141. The molecule has 0 saturated carbocycles. The van der Waals surface area contributed by atoms with Gasteiger partial charge < -0.3 is 14.9 Å². The number of nitrogens with zero attached hydrogens (tertiary/aromatic N) is 2. The van der Waals surface area contributed by atoms with Crippen LogP contribution in [0.5, 0.6) is 0 Å². The second-order valence-electron chi connectivity index (χ2n) is 8.11. The molecular formula is C25H22Cl2F2N2O2. The third kappa shape index (κ3) is 5.13. The van der Waals surface area contributed by atoms with Crippen LogP contribution in [0.4, 0.5) is 14.5 Å². The van der Waals surface area contributed by atoms with Crippen LogP contribution in [0.3, 0.4) is 0 Å². The number of aliphatic hydroxyl groups excluding tert-OH is 1. The van der Waals surface area contributed by atoms with Crippen LogP contribution in [0.25, 0.3) is 0 Å². The van der Waals surface area contributed by atoms with Crippen molar-refractivity contribution in [3.8, 4) is 0 Å². The first kappa shape index (κ1) is 23.5. The molecule has 33 heavy (non-hydrogen) atoms. The van der Waals surface area contributed by atoms with E-state index in [1.165, 1.54) is 4.90 Å². The van der Waals surface area contributed by atoms with Crippen LogP contribution in [0.2, 0.25) is 10.0 Å². The Morgan fingerprint density at radius 3 is 2.30 bits per heavy atom. The zero-order chi connectivity index (χ0) is 23.7. The second kappa shape index (κ2) is 9.67. The van der Waals surface area contributed by atoms with Crippen molar-refractivity contribution in [2.24, 2.45) is 0 Å². The number of rotatable bonds is 4. The molecule has 172 valence electrons. The van der Waals surface area contributed by atoms with E-state index < -0.39 is 23.6 Å². The van der Waals surface area contributed by atoms with Crippen LogP contribution < -0.4 is 4.90 Å². The van der Waals surface area contributed by atoms with Gasteiger partial charge in [-0.15, -0.1) is 0 Å². The third-order valence-electron chi connectivity index (χ3n) is 5.79. The number of aryl methyl sites for hydroxylation is 1. The highest BCUT2D eigenvalue weighted by molar-refractivity contribution is 6.33. The summed E-state index contributed by atoms with van der Waals surface area (Å²) < 4.78 is 27.2. The van der Waals surface area contributed by atoms with Gasteiger partial charge in [-0.2, -0.15) is 0 Å². The van der Waals surface area contributed by atoms with Crippen LogP contribution in [-0.2, 0) is 4.79 Å². The maximum absolute atomic E-state index is 13.6. The molecule has 1 N–H and O–H groups in total. The molecule has 1 saturated heterocycles. The second-order valence-corrected chi connectivity index (χ2v) is 8.95. The standard InChI is InChI=1S/C25H22Cl2F2N2O2/c1-15-2-7-22(21(27)10-15)31-9-8-30(14-23(31)16-3-5-18(26)6-4-16)25(33)24(32)17-11-19(28)13-20(29)12-17/h2-7,10-13,23-24,32H,8-9,14H2,1H3/t23-,24?/m0/s1. The molecule has 3 aromatic carbocycles. The maximum atomic E-state index is 13.6. The van der Waals surface area contributed by atoms with Crippen LogP contribution >= 0.6 is 23.2 Å². The Kier molecular flexibility index (Phi) is 6.88. The summed E-state index contributed by atoms with van der Waals surface area (Å²) in [4.78, 5) is 16.7. The number of aliphatic hydroxyl groups is 1. The lowest BCUT2D eigenvalue weighted by atomic mass is 9.99. The van der Waals surface area contributed by atoms with Crippen molar-refractivity contribution in [2.75, 3.05) is 24.5 Å².